The van der Waals surface area contributed by atoms with E-state index in [2.05, 4.69) is 0 Å². The number of fused-ring (bicyclic) bond motifs is 1. The van der Waals surface area contributed by atoms with Gasteiger partial charge in [-0.25, -0.2) is 8.42 Å². The molecule has 1 heterocycles. The maximum Gasteiger partial charge on any atom is 0.242 e. The van der Waals surface area contributed by atoms with Gasteiger partial charge in [-0.05, 0) is 42.7 Å². The molecule has 2 aromatic carbocycles. The van der Waals surface area contributed by atoms with Crippen molar-refractivity contribution in [3.8, 4) is 0 Å². The number of nitrogens with zero attached hydrogens (tertiary/aromatic N) is 2. The van der Waals surface area contributed by atoms with Crippen LogP contribution < -0.4 is 4.90 Å². The fourth-order valence-corrected chi connectivity index (χ4v) is 4.35. The van der Waals surface area contributed by atoms with Crippen LogP contribution >= 0.6 is 23.2 Å². The highest BCUT2D eigenvalue weighted by Gasteiger charge is 2.32. The molecular formula is C19H20Cl2N2O3S. The zero-order valence-corrected chi connectivity index (χ0v) is 17.4. The SMILES string of the molecule is C[C@@H]1Cc2ccccc2N1C(=O)CN(Cc1ccc(Cl)c(Cl)c1)S(C)(=O)=O. The standard InChI is InChI=1S/C19H20Cl2N2O3S/c1-13-9-15-5-3-4-6-18(15)23(13)19(24)12-22(27(2,25)26)11-14-7-8-16(20)17(21)10-14/h3-8,10,13H,9,11-12H2,1-2H3/t13-/m1/s1. The van der Waals surface area contributed by atoms with Gasteiger partial charge in [0.05, 0.1) is 22.8 Å². The first kappa shape index (κ1) is 20.1. The number of sulfonamides is 1. The normalized spacial score (nSPS) is 16.6. The van der Waals surface area contributed by atoms with E-state index in [1.54, 1.807) is 23.1 Å². The third kappa shape index (κ3) is 4.46. The van der Waals surface area contributed by atoms with Crippen molar-refractivity contribution in [1.29, 1.82) is 0 Å². The summed E-state index contributed by atoms with van der Waals surface area (Å²) in [6.07, 6.45) is 1.85. The van der Waals surface area contributed by atoms with Crippen molar-refractivity contribution < 1.29 is 13.2 Å². The van der Waals surface area contributed by atoms with Gasteiger partial charge in [-0.2, -0.15) is 4.31 Å². The van der Waals surface area contributed by atoms with Gasteiger partial charge in [0.25, 0.3) is 0 Å². The predicted octanol–water partition coefficient (Wildman–Crippen LogP) is 3.73. The fraction of sp³-hybridized carbons (Fsp3) is 0.316. The number of carbonyl (C=O) groups is 1. The molecule has 1 atom stereocenters. The molecule has 144 valence electrons. The highest BCUT2D eigenvalue weighted by atomic mass is 35.5. The number of hydrogen-bond donors (Lipinski definition) is 0. The number of hydrogen-bond acceptors (Lipinski definition) is 3. The summed E-state index contributed by atoms with van der Waals surface area (Å²) in [4.78, 5) is 14.6. The van der Waals surface area contributed by atoms with Crippen LogP contribution in [0.4, 0.5) is 5.69 Å². The molecule has 0 bridgehead atoms. The smallest absolute Gasteiger partial charge is 0.242 e. The van der Waals surface area contributed by atoms with Crippen molar-refractivity contribution in [3.63, 3.8) is 0 Å². The van der Waals surface area contributed by atoms with Gasteiger partial charge >= 0.3 is 0 Å². The molecule has 1 aliphatic heterocycles. The second-order valence-corrected chi connectivity index (χ2v) is 9.52. The zero-order valence-electron chi connectivity index (χ0n) is 15.0. The second-order valence-electron chi connectivity index (χ2n) is 6.73. The number of rotatable bonds is 5. The van der Waals surface area contributed by atoms with Crippen molar-refractivity contribution in [2.24, 2.45) is 0 Å². The van der Waals surface area contributed by atoms with Crippen molar-refractivity contribution in [3.05, 3.63) is 63.6 Å². The van der Waals surface area contributed by atoms with Gasteiger partial charge in [0.1, 0.15) is 0 Å². The van der Waals surface area contributed by atoms with E-state index in [9.17, 15) is 13.2 Å². The van der Waals surface area contributed by atoms with E-state index in [1.807, 2.05) is 31.2 Å². The van der Waals surface area contributed by atoms with E-state index in [-0.39, 0.29) is 25.0 Å². The van der Waals surface area contributed by atoms with Gasteiger partial charge < -0.3 is 4.90 Å². The van der Waals surface area contributed by atoms with Crippen LogP contribution in [0.25, 0.3) is 0 Å². The van der Waals surface area contributed by atoms with Crippen LogP contribution in [0.1, 0.15) is 18.1 Å². The van der Waals surface area contributed by atoms with Crippen molar-refractivity contribution >= 4 is 44.8 Å². The zero-order chi connectivity index (χ0) is 19.8. The average Bonchev–Trinajstić information content (AvgIpc) is 2.92. The molecule has 3 rings (SSSR count). The summed E-state index contributed by atoms with van der Waals surface area (Å²) >= 11 is 11.9. The molecular weight excluding hydrogens is 407 g/mol. The van der Waals surface area contributed by atoms with Crippen LogP contribution in [0.15, 0.2) is 42.5 Å². The summed E-state index contributed by atoms with van der Waals surface area (Å²) in [7, 11) is -3.60. The Bertz CT molecular complexity index is 979. The van der Waals surface area contributed by atoms with Crippen molar-refractivity contribution in [2.45, 2.75) is 25.9 Å². The Morgan fingerprint density at radius 3 is 2.56 bits per heavy atom. The Morgan fingerprint density at radius 2 is 1.89 bits per heavy atom. The summed E-state index contributed by atoms with van der Waals surface area (Å²) < 4.78 is 25.7. The van der Waals surface area contributed by atoms with Gasteiger partial charge in [0.2, 0.25) is 15.9 Å². The third-order valence-corrected chi connectivity index (χ3v) is 6.53. The summed E-state index contributed by atoms with van der Waals surface area (Å²) in [5.74, 6) is -0.252. The first-order valence-corrected chi connectivity index (χ1v) is 11.1. The van der Waals surface area contributed by atoms with E-state index in [4.69, 9.17) is 23.2 Å². The first-order chi connectivity index (χ1) is 12.7. The molecule has 8 heteroatoms. The van der Waals surface area contributed by atoms with Crippen molar-refractivity contribution in [2.75, 3.05) is 17.7 Å². The highest BCUT2D eigenvalue weighted by Crippen LogP contribution is 2.32. The molecule has 1 aliphatic rings. The van der Waals surface area contributed by atoms with Gasteiger partial charge in [-0.15, -0.1) is 0 Å². The van der Waals surface area contributed by atoms with E-state index in [0.29, 0.717) is 15.6 Å². The number of carbonyl (C=O) groups excluding carboxylic acids is 1. The molecule has 0 saturated heterocycles. The summed E-state index contributed by atoms with van der Waals surface area (Å²) in [6, 6.07) is 12.6. The number of anilines is 1. The van der Waals surface area contributed by atoms with E-state index < -0.39 is 10.0 Å². The molecule has 0 unspecified atom stereocenters. The fourth-order valence-electron chi connectivity index (χ4n) is 3.30. The quantitative estimate of drug-likeness (QED) is 0.731. The van der Waals surface area contributed by atoms with E-state index >= 15 is 0 Å². The molecule has 0 radical (unpaired) electrons. The number of amides is 1. The van der Waals surface area contributed by atoms with Gasteiger partial charge in [0, 0.05) is 18.3 Å². The Hall–Kier alpha value is -1.60. The van der Waals surface area contributed by atoms with Crippen LogP contribution in [0.2, 0.25) is 10.0 Å². The average molecular weight is 427 g/mol. The lowest BCUT2D eigenvalue weighted by molar-refractivity contribution is -0.119. The third-order valence-electron chi connectivity index (χ3n) is 4.60. The molecule has 27 heavy (non-hydrogen) atoms. The molecule has 0 aliphatic carbocycles. The summed E-state index contributed by atoms with van der Waals surface area (Å²) in [6.45, 7) is 1.77. The number of benzene rings is 2. The Balaban J connectivity index is 1.83. The van der Waals surface area contributed by atoms with Crippen molar-refractivity contribution in [1.82, 2.24) is 4.31 Å². The lowest BCUT2D eigenvalue weighted by Crippen LogP contribution is -2.44. The van der Waals surface area contributed by atoms with Crippen LogP contribution in [0.3, 0.4) is 0 Å². The maximum absolute atomic E-state index is 13.0. The molecule has 0 spiro atoms. The second kappa shape index (κ2) is 7.80. The summed E-state index contributed by atoms with van der Waals surface area (Å²) in [5.41, 5.74) is 2.60. The van der Waals surface area contributed by atoms with Crippen LogP contribution in [0.5, 0.6) is 0 Å². The minimum atomic E-state index is -3.60. The van der Waals surface area contributed by atoms with Gasteiger partial charge in [0.15, 0.2) is 0 Å². The lowest BCUT2D eigenvalue weighted by Gasteiger charge is -2.26. The monoisotopic (exact) mass is 426 g/mol. The first-order valence-electron chi connectivity index (χ1n) is 8.46. The molecule has 0 saturated carbocycles. The Kier molecular flexibility index (Phi) is 5.82. The van der Waals surface area contributed by atoms with Gasteiger partial charge in [-0.1, -0.05) is 47.5 Å². The van der Waals surface area contributed by atoms with E-state index in [1.165, 1.54) is 0 Å². The topological polar surface area (TPSA) is 57.7 Å². The lowest BCUT2D eigenvalue weighted by atomic mass is 10.1. The van der Waals surface area contributed by atoms with Crippen LogP contribution in [-0.2, 0) is 27.8 Å². The summed E-state index contributed by atoms with van der Waals surface area (Å²) in [5, 5.41) is 0.737. The number of para-hydroxylation sites is 1. The van der Waals surface area contributed by atoms with Gasteiger partial charge in [-0.3, -0.25) is 4.79 Å². The minimum Gasteiger partial charge on any atom is -0.308 e. The minimum absolute atomic E-state index is 0.0127. The van der Waals surface area contributed by atoms with Crippen LogP contribution in [-0.4, -0.2) is 37.5 Å². The number of halogens is 2. The molecule has 1 amide bonds. The molecule has 0 N–H and O–H groups in total. The largest absolute Gasteiger partial charge is 0.308 e. The molecule has 5 nitrogen and oxygen atoms in total. The highest BCUT2D eigenvalue weighted by molar-refractivity contribution is 7.88. The molecule has 0 fully saturated rings. The van der Waals surface area contributed by atoms with Crippen LogP contribution in [0, 0.1) is 0 Å². The Labute approximate surface area is 169 Å². The maximum atomic E-state index is 13.0. The molecule has 2 aromatic rings. The Morgan fingerprint density at radius 1 is 1.19 bits per heavy atom. The van der Waals surface area contributed by atoms with E-state index in [0.717, 1.165) is 28.2 Å². The molecule has 0 aromatic heterocycles. The predicted molar refractivity (Wildman–Crippen MR) is 109 cm³/mol.